The van der Waals surface area contributed by atoms with E-state index in [0.717, 1.165) is 18.4 Å². The lowest BCUT2D eigenvalue weighted by atomic mass is 9.94. The quantitative estimate of drug-likeness (QED) is 0.722. The minimum atomic E-state index is -0.131. The molecular formula is C25H32N4O3. The van der Waals surface area contributed by atoms with E-state index in [1.54, 1.807) is 25.6 Å². The third-order valence-electron chi connectivity index (χ3n) is 6.64. The number of rotatable bonds is 7. The topological polar surface area (TPSA) is 74.8 Å². The summed E-state index contributed by atoms with van der Waals surface area (Å²) in [6.07, 6.45) is 8.05. The summed E-state index contributed by atoms with van der Waals surface area (Å²) in [5.41, 5.74) is 1.69. The highest BCUT2D eigenvalue weighted by Crippen LogP contribution is 2.31. The zero-order valence-electron chi connectivity index (χ0n) is 18.7. The molecule has 2 aliphatic rings. The minimum absolute atomic E-state index is 0.0168. The maximum Gasteiger partial charge on any atom is 0.254 e. The first-order valence-corrected chi connectivity index (χ1v) is 11.5. The standard InChI is InChI=1S/C25H32N4O3/c1-32-22-8-4-7-21(17-22)25(31)29-15-13-28(14-16-29)23(20-5-2-3-6-20)24(30)27-18-19-9-11-26-12-10-19/h4,7-12,17,20,23H,2-3,5-6,13-16,18H2,1H3,(H,27,30). The largest absolute Gasteiger partial charge is 0.497 e. The number of nitrogens with one attached hydrogen (secondary N) is 1. The number of benzene rings is 1. The number of methoxy groups -OCH3 is 1. The van der Waals surface area contributed by atoms with Gasteiger partial charge in [0.2, 0.25) is 5.91 Å². The summed E-state index contributed by atoms with van der Waals surface area (Å²) in [5.74, 6) is 1.18. The van der Waals surface area contributed by atoms with Gasteiger partial charge in [-0.25, -0.2) is 0 Å². The lowest BCUT2D eigenvalue weighted by Crippen LogP contribution is -2.57. The van der Waals surface area contributed by atoms with Gasteiger partial charge in [-0.1, -0.05) is 18.9 Å². The summed E-state index contributed by atoms with van der Waals surface area (Å²) in [5, 5.41) is 3.14. The Balaban J connectivity index is 1.38. The van der Waals surface area contributed by atoms with Gasteiger partial charge in [0.15, 0.2) is 0 Å². The van der Waals surface area contributed by atoms with Crippen LogP contribution < -0.4 is 10.1 Å². The van der Waals surface area contributed by atoms with Crippen molar-refractivity contribution in [3.63, 3.8) is 0 Å². The summed E-state index contributed by atoms with van der Waals surface area (Å²) in [6, 6.07) is 11.0. The fraction of sp³-hybridized carbons (Fsp3) is 0.480. The molecule has 2 heterocycles. The summed E-state index contributed by atoms with van der Waals surface area (Å²) < 4.78 is 5.25. The van der Waals surface area contributed by atoms with Gasteiger partial charge in [-0.3, -0.25) is 19.5 Å². The molecule has 1 saturated heterocycles. The molecule has 170 valence electrons. The molecule has 1 saturated carbocycles. The SMILES string of the molecule is COc1cccc(C(=O)N2CCN(C(C(=O)NCc3ccncc3)C3CCCC3)CC2)c1. The number of piperazine rings is 1. The number of aromatic nitrogens is 1. The number of hydrogen-bond acceptors (Lipinski definition) is 5. The Morgan fingerprint density at radius 2 is 1.81 bits per heavy atom. The van der Waals surface area contributed by atoms with Crippen LogP contribution in [0, 0.1) is 5.92 Å². The normalized spacial score (nSPS) is 18.3. The first-order valence-electron chi connectivity index (χ1n) is 11.5. The van der Waals surface area contributed by atoms with Gasteiger partial charge in [-0.05, 0) is 54.7 Å². The number of ether oxygens (including phenoxy) is 1. The van der Waals surface area contributed by atoms with E-state index >= 15 is 0 Å². The van der Waals surface area contributed by atoms with Gasteiger partial charge < -0.3 is 15.0 Å². The maximum atomic E-state index is 13.2. The van der Waals surface area contributed by atoms with Gasteiger partial charge in [0, 0.05) is 50.7 Å². The van der Waals surface area contributed by atoms with E-state index < -0.39 is 0 Å². The van der Waals surface area contributed by atoms with Gasteiger partial charge in [0.05, 0.1) is 13.2 Å². The molecule has 1 aliphatic carbocycles. The first-order chi connectivity index (χ1) is 15.7. The molecule has 2 fully saturated rings. The van der Waals surface area contributed by atoms with Crippen molar-refractivity contribution in [2.75, 3.05) is 33.3 Å². The van der Waals surface area contributed by atoms with E-state index in [9.17, 15) is 9.59 Å². The molecule has 1 aromatic carbocycles. The van der Waals surface area contributed by atoms with Crippen LogP contribution in [0.4, 0.5) is 0 Å². The van der Waals surface area contributed by atoms with Crippen LogP contribution in [0.2, 0.25) is 0 Å². The molecule has 7 heteroatoms. The molecule has 1 unspecified atom stereocenters. The monoisotopic (exact) mass is 436 g/mol. The lowest BCUT2D eigenvalue weighted by molar-refractivity contribution is -0.129. The number of carbonyl (C=O) groups excluding carboxylic acids is 2. The highest BCUT2D eigenvalue weighted by atomic mass is 16.5. The number of hydrogen-bond donors (Lipinski definition) is 1. The number of carbonyl (C=O) groups is 2. The van der Waals surface area contributed by atoms with Crippen molar-refractivity contribution >= 4 is 11.8 Å². The number of pyridine rings is 1. The fourth-order valence-electron chi connectivity index (χ4n) is 4.89. The predicted octanol–water partition coefficient (Wildman–Crippen LogP) is 2.72. The molecule has 7 nitrogen and oxygen atoms in total. The molecular weight excluding hydrogens is 404 g/mol. The second-order valence-corrected chi connectivity index (χ2v) is 8.62. The van der Waals surface area contributed by atoms with Crippen LogP contribution >= 0.6 is 0 Å². The van der Waals surface area contributed by atoms with Crippen LogP contribution in [0.15, 0.2) is 48.8 Å². The zero-order chi connectivity index (χ0) is 22.3. The van der Waals surface area contributed by atoms with Crippen LogP contribution in [0.1, 0.15) is 41.6 Å². The summed E-state index contributed by atoms with van der Waals surface area (Å²) in [6.45, 7) is 3.17. The molecule has 32 heavy (non-hydrogen) atoms. The van der Waals surface area contributed by atoms with Crippen molar-refractivity contribution in [1.29, 1.82) is 0 Å². The van der Waals surface area contributed by atoms with Crippen molar-refractivity contribution in [3.8, 4) is 5.75 Å². The number of amides is 2. The lowest BCUT2D eigenvalue weighted by Gasteiger charge is -2.40. The zero-order valence-corrected chi connectivity index (χ0v) is 18.7. The van der Waals surface area contributed by atoms with E-state index in [-0.39, 0.29) is 17.9 Å². The fourth-order valence-corrected chi connectivity index (χ4v) is 4.89. The molecule has 0 spiro atoms. The summed E-state index contributed by atoms with van der Waals surface area (Å²) >= 11 is 0. The molecule has 1 aromatic heterocycles. The van der Waals surface area contributed by atoms with Crippen molar-refractivity contribution in [3.05, 3.63) is 59.9 Å². The predicted molar refractivity (Wildman–Crippen MR) is 122 cm³/mol. The second-order valence-electron chi connectivity index (χ2n) is 8.62. The van der Waals surface area contributed by atoms with Crippen LogP contribution in [0.5, 0.6) is 5.75 Å². The molecule has 0 radical (unpaired) electrons. The Morgan fingerprint density at radius 3 is 2.50 bits per heavy atom. The van der Waals surface area contributed by atoms with Crippen molar-refractivity contribution in [2.45, 2.75) is 38.3 Å². The maximum absolute atomic E-state index is 13.2. The molecule has 1 aliphatic heterocycles. The molecule has 0 bridgehead atoms. The van der Waals surface area contributed by atoms with Gasteiger partial charge >= 0.3 is 0 Å². The second kappa shape index (κ2) is 10.6. The van der Waals surface area contributed by atoms with Gasteiger partial charge in [-0.2, -0.15) is 0 Å². The van der Waals surface area contributed by atoms with E-state index in [1.807, 2.05) is 35.2 Å². The first kappa shape index (κ1) is 22.3. The molecule has 2 aromatic rings. The van der Waals surface area contributed by atoms with Crippen molar-refractivity contribution in [2.24, 2.45) is 5.92 Å². The third-order valence-corrected chi connectivity index (χ3v) is 6.64. The average molecular weight is 437 g/mol. The van der Waals surface area contributed by atoms with Crippen LogP contribution in [-0.4, -0.2) is 65.9 Å². The Morgan fingerprint density at radius 1 is 1.09 bits per heavy atom. The Kier molecular flexibility index (Phi) is 7.37. The van der Waals surface area contributed by atoms with Gasteiger partial charge in [0.25, 0.3) is 5.91 Å². The minimum Gasteiger partial charge on any atom is -0.497 e. The van der Waals surface area contributed by atoms with Crippen molar-refractivity contribution < 1.29 is 14.3 Å². The summed E-state index contributed by atoms with van der Waals surface area (Å²) in [7, 11) is 1.60. The van der Waals surface area contributed by atoms with E-state index in [1.165, 1.54) is 12.8 Å². The van der Waals surface area contributed by atoms with Gasteiger partial charge in [-0.15, -0.1) is 0 Å². The van der Waals surface area contributed by atoms with Crippen LogP contribution in [0.3, 0.4) is 0 Å². The average Bonchev–Trinajstić information content (AvgIpc) is 3.38. The van der Waals surface area contributed by atoms with Crippen LogP contribution in [0.25, 0.3) is 0 Å². The molecule has 4 rings (SSSR count). The summed E-state index contributed by atoms with van der Waals surface area (Å²) in [4.78, 5) is 34.4. The van der Waals surface area contributed by atoms with Gasteiger partial charge in [0.1, 0.15) is 5.75 Å². The highest BCUT2D eigenvalue weighted by molar-refractivity contribution is 5.94. The number of nitrogens with zero attached hydrogens (tertiary/aromatic N) is 3. The third kappa shape index (κ3) is 5.27. The Bertz CT molecular complexity index is 906. The highest BCUT2D eigenvalue weighted by Gasteiger charge is 2.37. The smallest absolute Gasteiger partial charge is 0.254 e. The van der Waals surface area contributed by atoms with E-state index in [4.69, 9.17) is 4.74 Å². The van der Waals surface area contributed by atoms with Crippen LogP contribution in [-0.2, 0) is 11.3 Å². The molecule has 2 amide bonds. The molecule has 1 N–H and O–H groups in total. The Hall–Kier alpha value is -2.93. The molecule has 1 atom stereocenters. The Labute approximate surface area is 189 Å². The van der Waals surface area contributed by atoms with E-state index in [2.05, 4.69) is 15.2 Å². The van der Waals surface area contributed by atoms with Crippen molar-refractivity contribution in [1.82, 2.24) is 20.1 Å². The van der Waals surface area contributed by atoms with E-state index in [0.29, 0.717) is 50.0 Å².